The minimum absolute atomic E-state index is 0.0587. The number of ether oxygens (including phenoxy) is 3. The van der Waals surface area contributed by atoms with Crippen molar-refractivity contribution in [1.82, 2.24) is 10.6 Å². The van der Waals surface area contributed by atoms with Crippen LogP contribution < -0.4 is 25.0 Å². The molecule has 30 heavy (non-hydrogen) atoms. The summed E-state index contributed by atoms with van der Waals surface area (Å²) in [5.74, 6) is 2.37. The van der Waals surface area contributed by atoms with Crippen LogP contribution >= 0.6 is 0 Å². The van der Waals surface area contributed by atoms with Crippen molar-refractivity contribution >= 4 is 11.6 Å². The Bertz CT molecular complexity index is 835. The lowest BCUT2D eigenvalue weighted by Gasteiger charge is -2.28. The average Bonchev–Trinajstić information content (AvgIpc) is 2.81. The van der Waals surface area contributed by atoms with Crippen molar-refractivity contribution < 1.29 is 14.2 Å². The van der Waals surface area contributed by atoms with Gasteiger partial charge in [-0.25, -0.2) is 4.99 Å². The molecule has 1 fully saturated rings. The quantitative estimate of drug-likeness (QED) is 0.563. The number of nitrogens with one attached hydrogen (secondary N) is 2. The van der Waals surface area contributed by atoms with Crippen LogP contribution in [0.4, 0.5) is 5.69 Å². The molecule has 2 aliphatic rings. The number of rotatable bonds is 6. The van der Waals surface area contributed by atoms with E-state index in [1.807, 2.05) is 24.3 Å². The van der Waals surface area contributed by atoms with Crippen LogP contribution in [0.2, 0.25) is 0 Å². The fourth-order valence-electron chi connectivity index (χ4n) is 3.52. The first kappa shape index (κ1) is 20.3. The largest absolute Gasteiger partial charge is 0.486 e. The Labute approximate surface area is 178 Å². The Kier molecular flexibility index (Phi) is 6.92. The van der Waals surface area contributed by atoms with E-state index in [1.165, 1.54) is 11.3 Å². The number of benzene rings is 2. The molecule has 2 aromatic carbocycles. The molecule has 2 aliphatic heterocycles. The van der Waals surface area contributed by atoms with E-state index in [0.29, 0.717) is 19.7 Å². The fourth-order valence-corrected chi connectivity index (χ4v) is 3.52. The van der Waals surface area contributed by atoms with Gasteiger partial charge in [0, 0.05) is 25.3 Å². The standard InChI is InChI=1S/C23H30N4O3/c1-2-24-23(26-16-20-17-29-21-5-3-4-6-22(21)30-20)25-15-18-7-9-19(10-8-18)27-11-13-28-14-12-27/h3-10,20H,2,11-17H2,1H3,(H2,24,25,26). The van der Waals surface area contributed by atoms with E-state index in [4.69, 9.17) is 19.2 Å². The molecule has 2 aromatic rings. The first-order valence-electron chi connectivity index (χ1n) is 10.6. The maximum Gasteiger partial charge on any atom is 0.191 e. The number of anilines is 1. The molecule has 1 unspecified atom stereocenters. The van der Waals surface area contributed by atoms with Gasteiger partial charge in [0.2, 0.25) is 0 Å². The molecule has 0 aromatic heterocycles. The van der Waals surface area contributed by atoms with Crippen molar-refractivity contribution in [2.24, 2.45) is 4.99 Å². The van der Waals surface area contributed by atoms with Crippen LogP contribution in [0.5, 0.6) is 11.5 Å². The molecule has 0 aliphatic carbocycles. The first-order valence-corrected chi connectivity index (χ1v) is 10.6. The molecule has 0 bridgehead atoms. The molecule has 7 nitrogen and oxygen atoms in total. The van der Waals surface area contributed by atoms with Crippen molar-refractivity contribution in [3.63, 3.8) is 0 Å². The van der Waals surface area contributed by atoms with Crippen molar-refractivity contribution in [3.05, 3.63) is 54.1 Å². The van der Waals surface area contributed by atoms with Crippen molar-refractivity contribution in [1.29, 1.82) is 0 Å². The zero-order valence-electron chi connectivity index (χ0n) is 17.5. The number of hydrogen-bond acceptors (Lipinski definition) is 5. The first-order chi connectivity index (χ1) is 14.8. The van der Waals surface area contributed by atoms with E-state index < -0.39 is 0 Å². The number of fused-ring (bicyclic) bond motifs is 1. The van der Waals surface area contributed by atoms with Crippen LogP contribution in [0.25, 0.3) is 0 Å². The number of hydrogen-bond donors (Lipinski definition) is 2. The summed E-state index contributed by atoms with van der Waals surface area (Å²) < 4.78 is 17.2. The Balaban J connectivity index is 1.30. The summed E-state index contributed by atoms with van der Waals surface area (Å²) in [7, 11) is 0. The second-order valence-corrected chi connectivity index (χ2v) is 7.34. The van der Waals surface area contributed by atoms with Gasteiger partial charge < -0.3 is 29.7 Å². The number of aliphatic imine (C=N–C) groups is 1. The van der Waals surface area contributed by atoms with E-state index >= 15 is 0 Å². The Hall–Kier alpha value is -2.93. The van der Waals surface area contributed by atoms with E-state index in [-0.39, 0.29) is 6.10 Å². The molecular formula is C23H30N4O3. The van der Waals surface area contributed by atoms with Gasteiger partial charge >= 0.3 is 0 Å². The lowest BCUT2D eigenvalue weighted by atomic mass is 10.2. The zero-order valence-corrected chi connectivity index (χ0v) is 17.5. The molecule has 4 rings (SSSR count). The molecule has 0 radical (unpaired) electrons. The molecular weight excluding hydrogens is 380 g/mol. The van der Waals surface area contributed by atoms with E-state index in [9.17, 15) is 0 Å². The lowest BCUT2D eigenvalue weighted by molar-refractivity contribution is 0.0936. The van der Waals surface area contributed by atoms with E-state index in [0.717, 1.165) is 50.3 Å². The van der Waals surface area contributed by atoms with Crippen LogP contribution in [0.3, 0.4) is 0 Å². The van der Waals surface area contributed by atoms with Gasteiger partial charge in [-0.15, -0.1) is 0 Å². The average molecular weight is 411 g/mol. The highest BCUT2D eigenvalue weighted by Gasteiger charge is 2.20. The van der Waals surface area contributed by atoms with Gasteiger partial charge in [-0.05, 0) is 36.8 Å². The summed E-state index contributed by atoms with van der Waals surface area (Å²) in [5.41, 5.74) is 2.42. The molecule has 0 saturated carbocycles. The van der Waals surface area contributed by atoms with Gasteiger partial charge in [0.05, 0.1) is 26.3 Å². The van der Waals surface area contributed by atoms with Gasteiger partial charge in [-0.1, -0.05) is 24.3 Å². The van der Waals surface area contributed by atoms with Crippen LogP contribution in [0.1, 0.15) is 12.5 Å². The summed E-state index contributed by atoms with van der Waals surface area (Å²) in [5, 5.41) is 6.66. The summed E-state index contributed by atoms with van der Waals surface area (Å²) >= 11 is 0. The third-order valence-corrected chi connectivity index (χ3v) is 5.14. The third kappa shape index (κ3) is 5.36. The third-order valence-electron chi connectivity index (χ3n) is 5.14. The van der Waals surface area contributed by atoms with Crippen LogP contribution in [0.15, 0.2) is 53.5 Å². The second-order valence-electron chi connectivity index (χ2n) is 7.34. The highest BCUT2D eigenvalue weighted by atomic mass is 16.6. The molecule has 0 amide bonds. The smallest absolute Gasteiger partial charge is 0.191 e. The predicted octanol–water partition coefficient (Wildman–Crippen LogP) is 2.42. The summed E-state index contributed by atoms with van der Waals surface area (Å²) in [6.07, 6.45) is -0.0587. The lowest BCUT2D eigenvalue weighted by Crippen LogP contribution is -2.45. The number of guanidine groups is 1. The Morgan fingerprint density at radius 3 is 2.57 bits per heavy atom. The molecule has 2 heterocycles. The topological polar surface area (TPSA) is 67.4 Å². The number of morpholine rings is 1. The van der Waals surface area contributed by atoms with Gasteiger partial charge in [0.1, 0.15) is 12.7 Å². The zero-order chi connectivity index (χ0) is 20.6. The van der Waals surface area contributed by atoms with Crippen molar-refractivity contribution in [2.45, 2.75) is 19.6 Å². The summed E-state index contributed by atoms with van der Waals surface area (Å²) in [4.78, 5) is 7.07. The monoisotopic (exact) mass is 410 g/mol. The predicted molar refractivity (Wildman–Crippen MR) is 119 cm³/mol. The van der Waals surface area contributed by atoms with E-state index in [2.05, 4.69) is 46.7 Å². The normalized spacial score (nSPS) is 18.8. The SMILES string of the molecule is CCNC(=NCc1ccc(N2CCOCC2)cc1)NCC1COc2ccccc2O1. The van der Waals surface area contributed by atoms with Crippen molar-refractivity contribution in [2.75, 3.05) is 50.9 Å². The maximum atomic E-state index is 6.01. The van der Waals surface area contributed by atoms with Gasteiger partial charge in [0.25, 0.3) is 0 Å². The fraction of sp³-hybridized carbons (Fsp3) is 0.435. The minimum atomic E-state index is -0.0587. The highest BCUT2D eigenvalue weighted by molar-refractivity contribution is 5.79. The van der Waals surface area contributed by atoms with E-state index in [1.54, 1.807) is 0 Å². The Morgan fingerprint density at radius 1 is 1.03 bits per heavy atom. The molecule has 7 heteroatoms. The van der Waals surface area contributed by atoms with Gasteiger partial charge in [-0.3, -0.25) is 0 Å². The Morgan fingerprint density at radius 2 is 1.80 bits per heavy atom. The molecule has 2 N–H and O–H groups in total. The maximum absolute atomic E-state index is 6.01. The molecule has 0 spiro atoms. The molecule has 1 atom stereocenters. The van der Waals surface area contributed by atoms with Gasteiger partial charge in [0.15, 0.2) is 17.5 Å². The summed E-state index contributed by atoms with van der Waals surface area (Å²) in [6, 6.07) is 16.4. The highest BCUT2D eigenvalue weighted by Crippen LogP contribution is 2.30. The number of para-hydroxylation sites is 2. The molecule has 160 valence electrons. The number of nitrogens with zero attached hydrogens (tertiary/aromatic N) is 2. The molecule has 1 saturated heterocycles. The van der Waals surface area contributed by atoms with Crippen LogP contribution in [-0.2, 0) is 11.3 Å². The summed E-state index contributed by atoms with van der Waals surface area (Å²) in [6.45, 7) is 8.10. The van der Waals surface area contributed by atoms with Crippen molar-refractivity contribution in [3.8, 4) is 11.5 Å². The minimum Gasteiger partial charge on any atom is -0.486 e. The second kappa shape index (κ2) is 10.2. The van der Waals surface area contributed by atoms with Crippen LogP contribution in [-0.4, -0.2) is 58.1 Å². The van der Waals surface area contributed by atoms with Crippen LogP contribution in [0, 0.1) is 0 Å². The van der Waals surface area contributed by atoms with Gasteiger partial charge in [-0.2, -0.15) is 0 Å².